The molecular formula is C19H28N4O2. The zero-order chi connectivity index (χ0) is 17.6. The highest BCUT2D eigenvalue weighted by atomic mass is 16.2. The molecule has 1 aliphatic carbocycles. The molecule has 2 amide bonds. The summed E-state index contributed by atoms with van der Waals surface area (Å²) >= 11 is 0. The predicted molar refractivity (Wildman–Crippen MR) is 95.1 cm³/mol. The minimum absolute atomic E-state index is 0.119. The molecule has 2 heterocycles. The van der Waals surface area contributed by atoms with Crippen molar-refractivity contribution in [1.29, 1.82) is 0 Å². The molecule has 2 fully saturated rings. The molecule has 6 heteroatoms. The molecule has 0 aromatic carbocycles. The number of likely N-dealkylation sites (tertiary alicyclic amines) is 1. The van der Waals surface area contributed by atoms with E-state index in [1.165, 1.54) is 19.3 Å². The lowest BCUT2D eigenvalue weighted by molar-refractivity contribution is -0.130. The van der Waals surface area contributed by atoms with Crippen molar-refractivity contribution in [3.63, 3.8) is 0 Å². The highest BCUT2D eigenvalue weighted by Gasteiger charge is 2.22. The minimum Gasteiger partial charge on any atom is -0.348 e. The van der Waals surface area contributed by atoms with Crippen LogP contribution in [-0.4, -0.2) is 46.0 Å². The summed E-state index contributed by atoms with van der Waals surface area (Å²) in [6.45, 7) is 3.28. The average molecular weight is 344 g/mol. The Kier molecular flexibility index (Phi) is 6.00. The number of nitrogens with zero attached hydrogens (tertiary/aromatic N) is 3. The lowest BCUT2D eigenvalue weighted by atomic mass is 9.93. The van der Waals surface area contributed by atoms with Gasteiger partial charge in [0.05, 0.1) is 5.69 Å². The molecule has 3 rings (SSSR count). The summed E-state index contributed by atoms with van der Waals surface area (Å²) in [7, 11) is 0. The summed E-state index contributed by atoms with van der Waals surface area (Å²) in [5.41, 5.74) is 1.29. The normalized spacial score (nSPS) is 21.8. The van der Waals surface area contributed by atoms with Gasteiger partial charge in [-0.2, -0.15) is 5.10 Å². The summed E-state index contributed by atoms with van der Waals surface area (Å²) in [6.07, 6.45) is 8.72. The van der Waals surface area contributed by atoms with E-state index in [9.17, 15) is 9.59 Å². The maximum Gasteiger partial charge on any atom is 0.272 e. The minimum atomic E-state index is -0.119. The Bertz CT molecular complexity index is 596. The van der Waals surface area contributed by atoms with E-state index in [-0.39, 0.29) is 17.9 Å². The first-order valence-electron chi connectivity index (χ1n) is 9.51. The quantitative estimate of drug-likeness (QED) is 0.910. The van der Waals surface area contributed by atoms with E-state index in [1.54, 1.807) is 13.0 Å². The number of nitrogens with one attached hydrogen (secondary N) is 1. The molecule has 0 radical (unpaired) electrons. The molecule has 1 N–H and O–H groups in total. The van der Waals surface area contributed by atoms with Crippen molar-refractivity contribution in [2.24, 2.45) is 5.92 Å². The van der Waals surface area contributed by atoms with Gasteiger partial charge < -0.3 is 10.2 Å². The SMILES string of the molecule is CC(=O)N1CCC[C@H](Cc2ccc(C(=O)NC3CCCCC3)nn2)C1. The van der Waals surface area contributed by atoms with Crippen molar-refractivity contribution in [3.8, 4) is 0 Å². The molecule has 136 valence electrons. The van der Waals surface area contributed by atoms with Gasteiger partial charge in [0.25, 0.3) is 5.91 Å². The Balaban J connectivity index is 1.53. The second kappa shape index (κ2) is 8.41. The van der Waals surface area contributed by atoms with E-state index in [2.05, 4.69) is 15.5 Å². The van der Waals surface area contributed by atoms with E-state index in [0.29, 0.717) is 11.6 Å². The lowest BCUT2D eigenvalue weighted by Gasteiger charge is -2.31. The topological polar surface area (TPSA) is 75.2 Å². The van der Waals surface area contributed by atoms with Gasteiger partial charge in [-0.15, -0.1) is 5.10 Å². The predicted octanol–water partition coefficient (Wildman–Crippen LogP) is 2.34. The maximum atomic E-state index is 12.3. The smallest absolute Gasteiger partial charge is 0.272 e. The summed E-state index contributed by atoms with van der Waals surface area (Å²) in [4.78, 5) is 25.7. The van der Waals surface area contributed by atoms with Crippen LogP contribution in [0, 0.1) is 5.92 Å². The highest BCUT2D eigenvalue weighted by Crippen LogP contribution is 2.20. The van der Waals surface area contributed by atoms with Crippen molar-refractivity contribution in [2.75, 3.05) is 13.1 Å². The Labute approximate surface area is 149 Å². The molecule has 1 saturated heterocycles. The first kappa shape index (κ1) is 17.8. The van der Waals surface area contributed by atoms with Crippen LogP contribution in [0.25, 0.3) is 0 Å². The van der Waals surface area contributed by atoms with Crippen LogP contribution < -0.4 is 5.32 Å². The number of hydrogen-bond acceptors (Lipinski definition) is 4. The molecular weight excluding hydrogens is 316 g/mol. The Morgan fingerprint density at radius 1 is 1.12 bits per heavy atom. The van der Waals surface area contributed by atoms with E-state index in [0.717, 1.165) is 50.9 Å². The van der Waals surface area contributed by atoms with Gasteiger partial charge >= 0.3 is 0 Å². The number of carbonyl (C=O) groups excluding carboxylic acids is 2. The van der Waals surface area contributed by atoms with Crippen LogP contribution in [0.5, 0.6) is 0 Å². The number of hydrogen-bond donors (Lipinski definition) is 1. The molecule has 0 unspecified atom stereocenters. The third-order valence-electron chi connectivity index (χ3n) is 5.35. The van der Waals surface area contributed by atoms with Gasteiger partial charge in [0, 0.05) is 26.1 Å². The molecule has 1 atom stereocenters. The van der Waals surface area contributed by atoms with Crippen LogP contribution >= 0.6 is 0 Å². The van der Waals surface area contributed by atoms with Gasteiger partial charge in [-0.05, 0) is 50.2 Å². The Morgan fingerprint density at radius 3 is 2.60 bits per heavy atom. The molecule has 25 heavy (non-hydrogen) atoms. The van der Waals surface area contributed by atoms with Gasteiger partial charge in [-0.3, -0.25) is 9.59 Å². The Hall–Kier alpha value is -1.98. The van der Waals surface area contributed by atoms with Crippen LogP contribution in [0.1, 0.15) is 68.1 Å². The van der Waals surface area contributed by atoms with Gasteiger partial charge in [-0.25, -0.2) is 0 Å². The zero-order valence-corrected chi connectivity index (χ0v) is 15.0. The van der Waals surface area contributed by atoms with E-state index < -0.39 is 0 Å². The van der Waals surface area contributed by atoms with E-state index in [4.69, 9.17) is 0 Å². The Morgan fingerprint density at radius 2 is 1.92 bits per heavy atom. The first-order chi connectivity index (χ1) is 12.1. The average Bonchev–Trinajstić information content (AvgIpc) is 2.63. The van der Waals surface area contributed by atoms with E-state index in [1.807, 2.05) is 11.0 Å². The number of piperidine rings is 1. The van der Waals surface area contributed by atoms with Crippen LogP contribution in [-0.2, 0) is 11.2 Å². The third kappa shape index (κ3) is 5.00. The molecule has 0 bridgehead atoms. The molecule has 0 spiro atoms. The fourth-order valence-electron chi connectivity index (χ4n) is 3.91. The monoisotopic (exact) mass is 344 g/mol. The number of amides is 2. The van der Waals surface area contributed by atoms with Crippen LogP contribution in [0.15, 0.2) is 12.1 Å². The molecule has 1 aromatic rings. The zero-order valence-electron chi connectivity index (χ0n) is 15.0. The van der Waals surface area contributed by atoms with Crippen LogP contribution in [0.2, 0.25) is 0 Å². The molecule has 2 aliphatic rings. The van der Waals surface area contributed by atoms with Gasteiger partial charge in [0.1, 0.15) is 0 Å². The van der Waals surface area contributed by atoms with Crippen molar-refractivity contribution in [1.82, 2.24) is 20.4 Å². The van der Waals surface area contributed by atoms with Gasteiger partial charge in [0.2, 0.25) is 5.91 Å². The summed E-state index contributed by atoms with van der Waals surface area (Å²) in [5, 5.41) is 11.4. The van der Waals surface area contributed by atoms with Gasteiger partial charge in [0.15, 0.2) is 5.69 Å². The van der Waals surface area contributed by atoms with Gasteiger partial charge in [-0.1, -0.05) is 19.3 Å². The van der Waals surface area contributed by atoms with Crippen LogP contribution in [0.3, 0.4) is 0 Å². The molecule has 6 nitrogen and oxygen atoms in total. The molecule has 1 aliphatic heterocycles. The highest BCUT2D eigenvalue weighted by molar-refractivity contribution is 5.92. The largest absolute Gasteiger partial charge is 0.348 e. The molecule has 1 saturated carbocycles. The van der Waals surface area contributed by atoms with Crippen molar-refractivity contribution in [2.45, 2.75) is 64.3 Å². The number of aromatic nitrogens is 2. The second-order valence-electron chi connectivity index (χ2n) is 7.40. The van der Waals surface area contributed by atoms with Crippen molar-refractivity contribution < 1.29 is 9.59 Å². The fraction of sp³-hybridized carbons (Fsp3) is 0.684. The number of rotatable bonds is 4. The van der Waals surface area contributed by atoms with Crippen LogP contribution in [0.4, 0.5) is 0 Å². The summed E-state index contributed by atoms with van der Waals surface area (Å²) < 4.78 is 0. The van der Waals surface area contributed by atoms with E-state index >= 15 is 0 Å². The standard InChI is InChI=1S/C19H28N4O2/c1-14(24)23-11-5-6-15(13-23)12-17-9-10-18(22-21-17)19(25)20-16-7-3-2-4-8-16/h9-10,15-16H,2-8,11-13H2,1H3,(H,20,25)/t15-/m1/s1. The molecule has 1 aromatic heterocycles. The van der Waals surface area contributed by atoms with Crippen molar-refractivity contribution >= 4 is 11.8 Å². The number of carbonyl (C=O) groups is 2. The van der Waals surface area contributed by atoms with Crippen molar-refractivity contribution in [3.05, 3.63) is 23.5 Å². The summed E-state index contributed by atoms with van der Waals surface area (Å²) in [6, 6.07) is 3.95. The third-order valence-corrected chi connectivity index (χ3v) is 5.35. The first-order valence-corrected chi connectivity index (χ1v) is 9.51. The summed E-state index contributed by atoms with van der Waals surface area (Å²) in [5.74, 6) is 0.450. The second-order valence-corrected chi connectivity index (χ2v) is 7.40. The fourth-order valence-corrected chi connectivity index (χ4v) is 3.91. The maximum absolute atomic E-state index is 12.3. The lowest BCUT2D eigenvalue weighted by Crippen LogP contribution is -2.39.